The monoisotopic (exact) mass is 282 g/mol. The maximum Gasteiger partial charge on any atom is 0.347 e. The molecule has 1 N–H and O–H groups in total. The summed E-state index contributed by atoms with van der Waals surface area (Å²) in [5.41, 5.74) is 0.750. The van der Waals surface area contributed by atoms with Crippen LogP contribution in [0.2, 0.25) is 0 Å². The van der Waals surface area contributed by atoms with Gasteiger partial charge in [0.2, 0.25) is 0 Å². The summed E-state index contributed by atoms with van der Waals surface area (Å²) in [7, 11) is 2.04. The number of hydrogen-bond acceptors (Lipinski definition) is 4. The summed E-state index contributed by atoms with van der Waals surface area (Å²) in [6.07, 6.45) is 5.83. The van der Waals surface area contributed by atoms with Crippen molar-refractivity contribution in [3.8, 4) is 0 Å². The van der Waals surface area contributed by atoms with E-state index in [1.165, 1.54) is 37.0 Å². The zero-order valence-corrected chi connectivity index (χ0v) is 12.7. The predicted molar refractivity (Wildman–Crippen MR) is 78.4 cm³/mol. The molecule has 1 aromatic rings. The second-order valence-corrected chi connectivity index (χ2v) is 6.35. The maximum atomic E-state index is 11.4. The number of carbonyl (C=O) groups is 1. The Labute approximate surface area is 118 Å². The molecule has 1 saturated carbocycles. The van der Waals surface area contributed by atoms with E-state index < -0.39 is 5.97 Å². The highest BCUT2D eigenvalue weighted by Gasteiger charge is 2.26. The third-order valence-corrected chi connectivity index (χ3v) is 5.24. The standard InChI is InChI=1S/C14H22N2O2S/c1-4-9(2)11-12(13(17)18)19-14(15-11)16(3)10-7-5-6-8-10/h9-10H,4-8H2,1-3H3,(H,17,18). The van der Waals surface area contributed by atoms with Crippen LogP contribution in [-0.4, -0.2) is 29.1 Å². The lowest BCUT2D eigenvalue weighted by molar-refractivity contribution is 0.0700. The van der Waals surface area contributed by atoms with Crippen molar-refractivity contribution in [3.05, 3.63) is 10.6 Å². The van der Waals surface area contributed by atoms with E-state index in [0.717, 1.165) is 17.2 Å². The van der Waals surface area contributed by atoms with E-state index in [2.05, 4.69) is 16.8 Å². The highest BCUT2D eigenvalue weighted by atomic mass is 32.1. The van der Waals surface area contributed by atoms with Gasteiger partial charge in [-0.2, -0.15) is 0 Å². The summed E-state index contributed by atoms with van der Waals surface area (Å²) < 4.78 is 0. The summed E-state index contributed by atoms with van der Waals surface area (Å²) in [6.45, 7) is 4.11. The van der Waals surface area contributed by atoms with Crippen LogP contribution in [0.25, 0.3) is 0 Å². The molecule has 4 nitrogen and oxygen atoms in total. The molecular weight excluding hydrogens is 260 g/mol. The Hall–Kier alpha value is -1.10. The highest BCUT2D eigenvalue weighted by molar-refractivity contribution is 7.17. The van der Waals surface area contributed by atoms with Crippen molar-refractivity contribution in [1.29, 1.82) is 0 Å². The number of aromatic nitrogens is 1. The Balaban J connectivity index is 2.28. The largest absolute Gasteiger partial charge is 0.477 e. The third kappa shape index (κ3) is 2.91. The summed E-state index contributed by atoms with van der Waals surface area (Å²) in [4.78, 5) is 18.5. The Morgan fingerprint density at radius 2 is 2.16 bits per heavy atom. The van der Waals surface area contributed by atoms with Gasteiger partial charge in [-0.05, 0) is 25.2 Å². The van der Waals surface area contributed by atoms with Crippen LogP contribution in [0.3, 0.4) is 0 Å². The minimum absolute atomic E-state index is 0.202. The molecule has 106 valence electrons. The van der Waals surface area contributed by atoms with Crippen molar-refractivity contribution in [2.45, 2.75) is 57.9 Å². The second kappa shape index (κ2) is 5.90. The average molecular weight is 282 g/mol. The lowest BCUT2D eigenvalue weighted by Gasteiger charge is -2.23. The van der Waals surface area contributed by atoms with Crippen LogP contribution >= 0.6 is 11.3 Å². The molecule has 0 saturated heterocycles. The van der Waals surface area contributed by atoms with Gasteiger partial charge in [-0.25, -0.2) is 9.78 Å². The quantitative estimate of drug-likeness (QED) is 0.894. The van der Waals surface area contributed by atoms with Crippen LogP contribution < -0.4 is 4.90 Å². The van der Waals surface area contributed by atoms with Crippen LogP contribution in [0.4, 0.5) is 5.13 Å². The van der Waals surface area contributed by atoms with Crippen LogP contribution in [0.1, 0.15) is 67.2 Å². The molecule has 19 heavy (non-hydrogen) atoms. The Kier molecular flexibility index (Phi) is 4.45. The van der Waals surface area contributed by atoms with E-state index in [-0.39, 0.29) is 5.92 Å². The number of thiazole rings is 1. The number of anilines is 1. The molecule has 1 aliphatic carbocycles. The number of carboxylic acid groups (broad SMARTS) is 1. The Bertz CT molecular complexity index is 452. The van der Waals surface area contributed by atoms with Crippen molar-refractivity contribution in [2.75, 3.05) is 11.9 Å². The first-order chi connectivity index (χ1) is 9.04. The van der Waals surface area contributed by atoms with Crippen LogP contribution in [0.15, 0.2) is 0 Å². The van der Waals surface area contributed by atoms with Gasteiger partial charge in [-0.3, -0.25) is 0 Å². The Morgan fingerprint density at radius 3 is 2.68 bits per heavy atom. The van der Waals surface area contributed by atoms with E-state index in [1.54, 1.807) is 0 Å². The normalized spacial score (nSPS) is 17.6. The van der Waals surface area contributed by atoms with Gasteiger partial charge < -0.3 is 10.0 Å². The zero-order valence-electron chi connectivity index (χ0n) is 11.8. The van der Waals surface area contributed by atoms with Gasteiger partial charge in [0.15, 0.2) is 5.13 Å². The van der Waals surface area contributed by atoms with Gasteiger partial charge in [-0.15, -0.1) is 0 Å². The average Bonchev–Trinajstić information content (AvgIpc) is 3.05. The zero-order chi connectivity index (χ0) is 14.0. The number of hydrogen-bond donors (Lipinski definition) is 1. The summed E-state index contributed by atoms with van der Waals surface area (Å²) in [6, 6.07) is 0.526. The molecule has 1 aliphatic rings. The fraction of sp³-hybridized carbons (Fsp3) is 0.714. The molecule has 1 fully saturated rings. The number of nitrogens with zero attached hydrogens (tertiary/aromatic N) is 2. The first-order valence-corrected chi connectivity index (χ1v) is 7.83. The van der Waals surface area contributed by atoms with E-state index in [4.69, 9.17) is 0 Å². The lowest BCUT2D eigenvalue weighted by atomic mass is 10.0. The summed E-state index contributed by atoms with van der Waals surface area (Å²) in [5.74, 6) is -0.646. The predicted octanol–water partition coefficient (Wildman–Crippen LogP) is 3.73. The van der Waals surface area contributed by atoms with Crippen molar-refractivity contribution >= 4 is 22.4 Å². The molecule has 0 bridgehead atoms. The van der Waals surface area contributed by atoms with Gasteiger partial charge in [0.05, 0.1) is 5.69 Å². The first kappa shape index (κ1) is 14.3. The molecule has 5 heteroatoms. The molecule has 1 atom stereocenters. The van der Waals surface area contributed by atoms with E-state index in [9.17, 15) is 9.90 Å². The van der Waals surface area contributed by atoms with Crippen molar-refractivity contribution in [2.24, 2.45) is 0 Å². The highest BCUT2D eigenvalue weighted by Crippen LogP contribution is 2.34. The topological polar surface area (TPSA) is 53.4 Å². The fourth-order valence-corrected chi connectivity index (χ4v) is 3.66. The lowest BCUT2D eigenvalue weighted by Crippen LogP contribution is -2.28. The Morgan fingerprint density at radius 1 is 1.53 bits per heavy atom. The van der Waals surface area contributed by atoms with Gasteiger partial charge >= 0.3 is 5.97 Å². The van der Waals surface area contributed by atoms with Crippen LogP contribution in [0, 0.1) is 0 Å². The molecular formula is C14H22N2O2S. The molecule has 0 radical (unpaired) electrons. The maximum absolute atomic E-state index is 11.4. The van der Waals surface area contributed by atoms with Crippen LogP contribution in [-0.2, 0) is 0 Å². The number of rotatable bonds is 5. The molecule has 0 spiro atoms. The number of aromatic carboxylic acids is 1. The van der Waals surface area contributed by atoms with Crippen molar-refractivity contribution in [1.82, 2.24) is 4.98 Å². The SMILES string of the molecule is CCC(C)c1nc(N(C)C2CCCC2)sc1C(=O)O. The van der Waals surface area contributed by atoms with E-state index in [0.29, 0.717) is 10.9 Å². The minimum atomic E-state index is -0.848. The molecule has 2 rings (SSSR count). The molecule has 0 aliphatic heterocycles. The van der Waals surface area contributed by atoms with Crippen molar-refractivity contribution in [3.63, 3.8) is 0 Å². The molecule has 1 unspecified atom stereocenters. The van der Waals surface area contributed by atoms with E-state index >= 15 is 0 Å². The molecule has 1 heterocycles. The fourth-order valence-electron chi connectivity index (χ4n) is 2.60. The number of carboxylic acids is 1. The van der Waals surface area contributed by atoms with Crippen LogP contribution in [0.5, 0.6) is 0 Å². The smallest absolute Gasteiger partial charge is 0.347 e. The van der Waals surface area contributed by atoms with Crippen molar-refractivity contribution < 1.29 is 9.90 Å². The summed E-state index contributed by atoms with van der Waals surface area (Å²) in [5, 5.41) is 10.2. The summed E-state index contributed by atoms with van der Waals surface area (Å²) >= 11 is 1.32. The van der Waals surface area contributed by atoms with Gasteiger partial charge in [0.25, 0.3) is 0 Å². The minimum Gasteiger partial charge on any atom is -0.477 e. The van der Waals surface area contributed by atoms with Gasteiger partial charge in [-0.1, -0.05) is 38.0 Å². The first-order valence-electron chi connectivity index (χ1n) is 7.01. The molecule has 0 aromatic carbocycles. The van der Waals surface area contributed by atoms with Gasteiger partial charge in [0.1, 0.15) is 4.88 Å². The van der Waals surface area contributed by atoms with Gasteiger partial charge in [0, 0.05) is 13.1 Å². The third-order valence-electron chi connectivity index (χ3n) is 4.09. The molecule has 1 aromatic heterocycles. The van der Waals surface area contributed by atoms with E-state index in [1.807, 2.05) is 14.0 Å². The molecule has 0 amide bonds. The second-order valence-electron chi connectivity index (χ2n) is 5.37.